The van der Waals surface area contributed by atoms with E-state index in [1.54, 1.807) is 25.3 Å². The van der Waals surface area contributed by atoms with Gasteiger partial charge >= 0.3 is 11.9 Å². The lowest BCUT2D eigenvalue weighted by Gasteiger charge is -2.16. The van der Waals surface area contributed by atoms with Crippen molar-refractivity contribution in [1.29, 1.82) is 0 Å². The minimum atomic E-state index is -0.754. The second kappa shape index (κ2) is 8.38. The highest BCUT2D eigenvalue weighted by molar-refractivity contribution is 6.17. The first-order valence-electron chi connectivity index (χ1n) is 7.82. The summed E-state index contributed by atoms with van der Waals surface area (Å²) in [7, 11) is 3.99. The average Bonchev–Trinajstić information content (AvgIpc) is 3.11. The van der Waals surface area contributed by atoms with Crippen molar-refractivity contribution < 1.29 is 28.5 Å². The summed E-state index contributed by atoms with van der Waals surface area (Å²) < 4.78 is 20.6. The highest BCUT2D eigenvalue weighted by Crippen LogP contribution is 2.33. The number of rotatable bonds is 6. The number of esters is 2. The van der Waals surface area contributed by atoms with Crippen molar-refractivity contribution >= 4 is 18.0 Å². The third-order valence-corrected chi connectivity index (χ3v) is 3.91. The van der Waals surface area contributed by atoms with Gasteiger partial charge in [0.25, 0.3) is 0 Å². The first-order chi connectivity index (χ1) is 11.6. The SMILES string of the molecule is COC(=O)C(=Cc1ccc(OC)c(OC2CCCC2)c1)C(=O)OC. The monoisotopic (exact) mass is 334 g/mol. The molecule has 130 valence electrons. The van der Waals surface area contributed by atoms with E-state index in [1.165, 1.54) is 20.3 Å². The van der Waals surface area contributed by atoms with E-state index in [4.69, 9.17) is 9.47 Å². The molecule has 0 heterocycles. The van der Waals surface area contributed by atoms with Gasteiger partial charge in [0.05, 0.1) is 27.4 Å². The van der Waals surface area contributed by atoms with Gasteiger partial charge in [-0.25, -0.2) is 9.59 Å². The number of carbonyl (C=O) groups excluding carboxylic acids is 2. The lowest BCUT2D eigenvalue weighted by Crippen LogP contribution is -2.15. The molecule has 0 atom stereocenters. The largest absolute Gasteiger partial charge is 0.493 e. The molecule has 0 N–H and O–H groups in total. The Morgan fingerprint density at radius 1 is 1.00 bits per heavy atom. The molecule has 0 bridgehead atoms. The van der Waals surface area contributed by atoms with E-state index in [0.717, 1.165) is 25.7 Å². The summed E-state index contributed by atoms with van der Waals surface area (Å²) in [6.45, 7) is 0. The molecule has 1 fully saturated rings. The molecule has 0 unspecified atom stereocenters. The summed E-state index contributed by atoms with van der Waals surface area (Å²) in [6, 6.07) is 5.21. The fourth-order valence-corrected chi connectivity index (χ4v) is 2.65. The van der Waals surface area contributed by atoms with E-state index in [1.807, 2.05) is 0 Å². The van der Waals surface area contributed by atoms with Crippen LogP contribution < -0.4 is 9.47 Å². The molecule has 1 aliphatic rings. The van der Waals surface area contributed by atoms with Crippen LogP contribution in [0.25, 0.3) is 6.08 Å². The van der Waals surface area contributed by atoms with Crippen molar-refractivity contribution in [1.82, 2.24) is 0 Å². The van der Waals surface area contributed by atoms with Gasteiger partial charge in [-0.1, -0.05) is 6.07 Å². The zero-order valence-electron chi connectivity index (χ0n) is 14.2. The highest BCUT2D eigenvalue weighted by atomic mass is 16.5. The number of hydrogen-bond acceptors (Lipinski definition) is 6. The predicted octanol–water partition coefficient (Wildman–Crippen LogP) is 2.75. The van der Waals surface area contributed by atoms with Crippen LogP contribution in [0.1, 0.15) is 31.2 Å². The van der Waals surface area contributed by atoms with Crippen LogP contribution in [0.4, 0.5) is 0 Å². The molecule has 0 saturated heterocycles. The van der Waals surface area contributed by atoms with Crippen LogP contribution in [-0.4, -0.2) is 39.4 Å². The van der Waals surface area contributed by atoms with Crippen molar-refractivity contribution in [3.8, 4) is 11.5 Å². The van der Waals surface area contributed by atoms with Gasteiger partial charge in [0, 0.05) is 0 Å². The summed E-state index contributed by atoms with van der Waals surface area (Å²) in [5, 5.41) is 0. The Morgan fingerprint density at radius 2 is 1.62 bits per heavy atom. The maximum absolute atomic E-state index is 11.8. The Morgan fingerprint density at radius 3 is 2.17 bits per heavy atom. The van der Waals surface area contributed by atoms with Crippen molar-refractivity contribution in [2.45, 2.75) is 31.8 Å². The van der Waals surface area contributed by atoms with Gasteiger partial charge in [0.2, 0.25) is 0 Å². The normalized spacial score (nSPS) is 14.0. The third kappa shape index (κ3) is 4.28. The maximum atomic E-state index is 11.8. The van der Waals surface area contributed by atoms with Crippen molar-refractivity contribution in [3.63, 3.8) is 0 Å². The fraction of sp³-hybridized carbons (Fsp3) is 0.444. The first kappa shape index (κ1) is 17.8. The molecule has 0 spiro atoms. The van der Waals surface area contributed by atoms with E-state index >= 15 is 0 Å². The minimum Gasteiger partial charge on any atom is -0.493 e. The van der Waals surface area contributed by atoms with Crippen LogP contribution >= 0.6 is 0 Å². The molecule has 6 nitrogen and oxygen atoms in total. The average molecular weight is 334 g/mol. The van der Waals surface area contributed by atoms with E-state index in [2.05, 4.69) is 9.47 Å². The van der Waals surface area contributed by atoms with Crippen molar-refractivity contribution in [3.05, 3.63) is 29.3 Å². The lowest BCUT2D eigenvalue weighted by atomic mass is 10.1. The number of carbonyl (C=O) groups is 2. The summed E-state index contributed by atoms with van der Waals surface area (Å²) >= 11 is 0. The standard InChI is InChI=1S/C18H22O6/c1-21-15-9-8-12(10-14(17(19)22-2)18(20)23-3)11-16(15)24-13-6-4-5-7-13/h8-11,13H,4-7H2,1-3H3. The van der Waals surface area contributed by atoms with Crippen molar-refractivity contribution in [2.75, 3.05) is 21.3 Å². The van der Waals surface area contributed by atoms with Gasteiger partial charge in [-0.3, -0.25) is 0 Å². The Kier molecular flexibility index (Phi) is 6.23. The number of methoxy groups -OCH3 is 3. The van der Waals surface area contributed by atoms with Crippen LogP contribution in [0.15, 0.2) is 23.8 Å². The molecule has 6 heteroatoms. The second-order valence-electron chi connectivity index (χ2n) is 5.48. The minimum absolute atomic E-state index is 0.166. The summed E-state index contributed by atoms with van der Waals surface area (Å²) in [5.74, 6) is -0.309. The quantitative estimate of drug-likeness (QED) is 0.345. The van der Waals surface area contributed by atoms with E-state index in [9.17, 15) is 9.59 Å². The fourth-order valence-electron chi connectivity index (χ4n) is 2.65. The Bertz CT molecular complexity index is 610. The Balaban J connectivity index is 2.33. The van der Waals surface area contributed by atoms with Gasteiger partial charge in [0.1, 0.15) is 5.57 Å². The van der Waals surface area contributed by atoms with E-state index in [0.29, 0.717) is 17.1 Å². The highest BCUT2D eigenvalue weighted by Gasteiger charge is 2.21. The molecule has 0 amide bonds. The van der Waals surface area contributed by atoms with Crippen LogP contribution in [0.3, 0.4) is 0 Å². The van der Waals surface area contributed by atoms with Crippen LogP contribution in [0.2, 0.25) is 0 Å². The topological polar surface area (TPSA) is 71.1 Å². The first-order valence-corrected chi connectivity index (χ1v) is 7.82. The van der Waals surface area contributed by atoms with E-state index < -0.39 is 11.9 Å². The van der Waals surface area contributed by atoms with Gasteiger partial charge in [-0.2, -0.15) is 0 Å². The molecule has 1 saturated carbocycles. The molecule has 1 aliphatic carbocycles. The van der Waals surface area contributed by atoms with Crippen LogP contribution in [0.5, 0.6) is 11.5 Å². The summed E-state index contributed by atoms with van der Waals surface area (Å²) in [4.78, 5) is 23.5. The third-order valence-electron chi connectivity index (χ3n) is 3.91. The van der Waals surface area contributed by atoms with Crippen LogP contribution in [-0.2, 0) is 19.1 Å². The summed E-state index contributed by atoms with van der Waals surface area (Å²) in [6.07, 6.45) is 5.91. The predicted molar refractivity (Wildman–Crippen MR) is 87.9 cm³/mol. The zero-order valence-corrected chi connectivity index (χ0v) is 14.2. The summed E-state index contributed by atoms with van der Waals surface area (Å²) in [5.41, 5.74) is 0.437. The van der Waals surface area contributed by atoms with Gasteiger partial charge in [0.15, 0.2) is 11.5 Å². The van der Waals surface area contributed by atoms with Crippen LogP contribution in [0, 0.1) is 0 Å². The van der Waals surface area contributed by atoms with E-state index in [-0.39, 0.29) is 11.7 Å². The Labute approximate surface area is 141 Å². The lowest BCUT2D eigenvalue weighted by molar-refractivity contribution is -0.143. The smallest absolute Gasteiger partial charge is 0.345 e. The second-order valence-corrected chi connectivity index (χ2v) is 5.48. The number of benzene rings is 1. The number of hydrogen-bond donors (Lipinski definition) is 0. The maximum Gasteiger partial charge on any atom is 0.345 e. The molecule has 2 rings (SSSR count). The molecule has 24 heavy (non-hydrogen) atoms. The Hall–Kier alpha value is -2.50. The molecular weight excluding hydrogens is 312 g/mol. The van der Waals surface area contributed by atoms with Gasteiger partial charge in [-0.15, -0.1) is 0 Å². The van der Waals surface area contributed by atoms with Gasteiger partial charge < -0.3 is 18.9 Å². The molecular formula is C18H22O6. The molecule has 0 radical (unpaired) electrons. The number of ether oxygens (including phenoxy) is 4. The molecule has 0 aliphatic heterocycles. The molecule has 1 aromatic rings. The zero-order chi connectivity index (χ0) is 17.5. The van der Waals surface area contributed by atoms with Gasteiger partial charge in [-0.05, 0) is 49.5 Å². The van der Waals surface area contributed by atoms with Crippen molar-refractivity contribution in [2.24, 2.45) is 0 Å². The molecule has 1 aromatic carbocycles. The molecule has 0 aromatic heterocycles.